The molecule has 2 aliphatic rings. The number of hydrogen-bond donors (Lipinski definition) is 1. The highest BCUT2D eigenvalue weighted by Gasteiger charge is 2.27. The molecule has 0 atom stereocenters. The Labute approximate surface area is 257 Å². The summed E-state index contributed by atoms with van der Waals surface area (Å²) < 4.78 is 19.3. The average molecular weight is 593 g/mol. The first-order chi connectivity index (χ1) is 21.3. The Morgan fingerprint density at radius 2 is 1.59 bits per heavy atom. The molecule has 4 aromatic rings. The van der Waals surface area contributed by atoms with Crippen LogP contribution in [0.15, 0.2) is 91.0 Å². The van der Waals surface area contributed by atoms with Crippen LogP contribution in [0.25, 0.3) is 0 Å². The van der Waals surface area contributed by atoms with E-state index in [1.54, 1.807) is 4.90 Å². The van der Waals surface area contributed by atoms with Crippen molar-refractivity contribution in [3.63, 3.8) is 0 Å². The molecule has 0 saturated carbocycles. The molecule has 1 saturated heterocycles. The summed E-state index contributed by atoms with van der Waals surface area (Å²) >= 11 is 0. The fourth-order valence-corrected chi connectivity index (χ4v) is 5.91. The predicted octanol–water partition coefficient (Wildman–Crippen LogP) is 6.39. The van der Waals surface area contributed by atoms with Gasteiger partial charge >= 0.3 is 0 Å². The molecule has 2 amide bonds. The summed E-state index contributed by atoms with van der Waals surface area (Å²) in [5, 5.41) is 2.87. The summed E-state index contributed by atoms with van der Waals surface area (Å²) in [5.41, 5.74) is 5.70. The van der Waals surface area contributed by atoms with Gasteiger partial charge in [-0.25, -0.2) is 4.39 Å². The van der Waals surface area contributed by atoms with Gasteiger partial charge in [0.25, 0.3) is 11.8 Å². The van der Waals surface area contributed by atoms with E-state index in [1.165, 1.54) is 24.3 Å². The van der Waals surface area contributed by atoms with Gasteiger partial charge in [-0.05, 0) is 92.1 Å². The van der Waals surface area contributed by atoms with Crippen LogP contribution in [0.4, 0.5) is 21.5 Å². The van der Waals surface area contributed by atoms with Crippen molar-refractivity contribution in [3.05, 3.63) is 119 Å². The zero-order valence-electron chi connectivity index (χ0n) is 25.1. The van der Waals surface area contributed by atoms with Gasteiger partial charge in [-0.1, -0.05) is 30.3 Å². The summed E-state index contributed by atoms with van der Waals surface area (Å²) in [6.45, 7) is 9.09. The Bertz CT molecular complexity index is 1650. The summed E-state index contributed by atoms with van der Waals surface area (Å²) in [7, 11) is 0. The lowest BCUT2D eigenvalue weighted by atomic mass is 10.1. The lowest BCUT2D eigenvalue weighted by Gasteiger charge is -2.37. The predicted molar refractivity (Wildman–Crippen MR) is 172 cm³/mol. The maximum atomic E-state index is 13.7. The highest BCUT2D eigenvalue weighted by atomic mass is 19.1. The van der Waals surface area contributed by atoms with E-state index in [4.69, 9.17) is 4.74 Å². The minimum absolute atomic E-state index is 0.0563. The molecule has 6 rings (SSSR count). The molecule has 2 heterocycles. The fourth-order valence-electron chi connectivity index (χ4n) is 5.91. The third kappa shape index (κ3) is 6.60. The molecule has 4 aromatic carbocycles. The van der Waals surface area contributed by atoms with Gasteiger partial charge in [0.15, 0.2) is 0 Å². The van der Waals surface area contributed by atoms with E-state index in [0.29, 0.717) is 23.4 Å². The third-order valence-corrected chi connectivity index (χ3v) is 8.11. The smallest absolute Gasteiger partial charge is 0.258 e. The van der Waals surface area contributed by atoms with Crippen molar-refractivity contribution in [3.8, 4) is 5.75 Å². The van der Waals surface area contributed by atoms with Crippen molar-refractivity contribution in [1.82, 2.24) is 4.90 Å². The number of rotatable bonds is 8. The second-order valence-corrected chi connectivity index (χ2v) is 11.6. The molecule has 2 aliphatic heterocycles. The van der Waals surface area contributed by atoms with E-state index in [1.807, 2.05) is 62.4 Å². The Kier molecular flexibility index (Phi) is 8.61. The van der Waals surface area contributed by atoms with Crippen LogP contribution < -0.4 is 19.9 Å². The summed E-state index contributed by atoms with van der Waals surface area (Å²) in [4.78, 5) is 33.0. The SMILES string of the molecule is CC(C)Oc1ccccc1N1CCN(Cc2cccc(C(=O)N3CCc4ccc(NC(=O)c5ccc(F)cc5)cc43)c2)CC1. The van der Waals surface area contributed by atoms with Gasteiger partial charge in [-0.15, -0.1) is 0 Å². The van der Waals surface area contributed by atoms with Crippen molar-refractivity contribution >= 4 is 28.9 Å². The van der Waals surface area contributed by atoms with Crippen LogP contribution in [0, 0.1) is 5.82 Å². The number of benzene rings is 4. The minimum atomic E-state index is -0.394. The highest BCUT2D eigenvalue weighted by molar-refractivity contribution is 6.08. The van der Waals surface area contributed by atoms with Crippen LogP contribution in [-0.2, 0) is 13.0 Å². The average Bonchev–Trinajstić information content (AvgIpc) is 3.45. The molecule has 0 aromatic heterocycles. The summed E-state index contributed by atoms with van der Waals surface area (Å²) in [5.74, 6) is 0.142. The topological polar surface area (TPSA) is 65.1 Å². The van der Waals surface area contributed by atoms with E-state index >= 15 is 0 Å². The van der Waals surface area contributed by atoms with Gasteiger partial charge in [0, 0.05) is 61.8 Å². The zero-order chi connectivity index (χ0) is 30.6. The van der Waals surface area contributed by atoms with E-state index in [0.717, 1.165) is 67.4 Å². The lowest BCUT2D eigenvalue weighted by molar-refractivity contribution is 0.0987. The number of fused-ring (bicyclic) bond motifs is 1. The third-order valence-electron chi connectivity index (χ3n) is 8.11. The number of para-hydroxylation sites is 2. The highest BCUT2D eigenvalue weighted by Crippen LogP contribution is 2.33. The monoisotopic (exact) mass is 592 g/mol. The van der Waals surface area contributed by atoms with Gasteiger partial charge in [-0.3, -0.25) is 14.5 Å². The number of hydrogen-bond acceptors (Lipinski definition) is 5. The fraction of sp³-hybridized carbons (Fsp3) is 0.278. The number of anilines is 3. The van der Waals surface area contributed by atoms with Gasteiger partial charge in [0.2, 0.25) is 0 Å². The van der Waals surface area contributed by atoms with Crippen LogP contribution in [-0.4, -0.2) is 55.5 Å². The molecule has 7 nitrogen and oxygen atoms in total. The summed E-state index contributed by atoms with van der Waals surface area (Å²) in [6.07, 6.45) is 0.875. The molecule has 0 aliphatic carbocycles. The van der Waals surface area contributed by atoms with Crippen LogP contribution in [0.5, 0.6) is 5.75 Å². The van der Waals surface area contributed by atoms with Crippen molar-refractivity contribution < 1.29 is 18.7 Å². The first-order valence-electron chi connectivity index (χ1n) is 15.2. The van der Waals surface area contributed by atoms with Gasteiger partial charge in [0.05, 0.1) is 11.8 Å². The van der Waals surface area contributed by atoms with E-state index in [-0.39, 0.29) is 17.9 Å². The molecule has 1 N–H and O–H groups in total. The van der Waals surface area contributed by atoms with Crippen molar-refractivity contribution in [2.75, 3.05) is 47.8 Å². The van der Waals surface area contributed by atoms with Gasteiger partial charge in [-0.2, -0.15) is 0 Å². The van der Waals surface area contributed by atoms with Crippen molar-refractivity contribution in [2.24, 2.45) is 0 Å². The quantitative estimate of drug-likeness (QED) is 0.257. The van der Waals surface area contributed by atoms with Gasteiger partial charge < -0.3 is 19.9 Å². The lowest BCUT2D eigenvalue weighted by Crippen LogP contribution is -2.46. The minimum Gasteiger partial charge on any atom is -0.489 e. The first kappa shape index (κ1) is 29.4. The van der Waals surface area contributed by atoms with Crippen molar-refractivity contribution in [1.29, 1.82) is 0 Å². The largest absolute Gasteiger partial charge is 0.489 e. The van der Waals surface area contributed by atoms with Crippen LogP contribution in [0.2, 0.25) is 0 Å². The molecule has 0 spiro atoms. The molecule has 0 radical (unpaired) electrons. The first-order valence-corrected chi connectivity index (χ1v) is 15.2. The molecule has 0 unspecified atom stereocenters. The molecule has 0 bridgehead atoms. The van der Waals surface area contributed by atoms with E-state index < -0.39 is 5.82 Å². The number of nitrogens with zero attached hydrogens (tertiary/aromatic N) is 3. The number of nitrogens with one attached hydrogen (secondary N) is 1. The van der Waals surface area contributed by atoms with Gasteiger partial charge in [0.1, 0.15) is 11.6 Å². The molecule has 44 heavy (non-hydrogen) atoms. The molecule has 226 valence electrons. The number of amides is 2. The Balaban J connectivity index is 1.09. The maximum absolute atomic E-state index is 13.7. The van der Waals surface area contributed by atoms with Crippen LogP contribution in [0.1, 0.15) is 45.7 Å². The number of halogens is 1. The maximum Gasteiger partial charge on any atom is 0.258 e. The number of carbonyl (C=O) groups is 2. The molecule has 1 fully saturated rings. The second kappa shape index (κ2) is 12.9. The number of ether oxygens (including phenoxy) is 1. The normalized spacial score (nSPS) is 14.9. The molecule has 8 heteroatoms. The second-order valence-electron chi connectivity index (χ2n) is 11.6. The Hall–Kier alpha value is -4.69. The van der Waals surface area contributed by atoms with E-state index in [2.05, 4.69) is 33.3 Å². The number of piperazine rings is 1. The zero-order valence-corrected chi connectivity index (χ0v) is 25.1. The van der Waals surface area contributed by atoms with Crippen molar-refractivity contribution in [2.45, 2.75) is 32.9 Å². The van der Waals surface area contributed by atoms with E-state index in [9.17, 15) is 14.0 Å². The van der Waals surface area contributed by atoms with Crippen LogP contribution >= 0.6 is 0 Å². The standard InChI is InChI=1S/C36H37FN4O3/c1-25(2)44-34-9-4-3-8-32(34)40-20-18-39(19-21-40)24-26-6-5-7-29(22-26)36(43)41-17-16-27-12-15-31(23-33(27)41)38-35(42)28-10-13-30(37)14-11-28/h3-15,22-23,25H,16-21,24H2,1-2H3,(H,38,42). The molecular weight excluding hydrogens is 555 g/mol. The summed E-state index contributed by atoms with van der Waals surface area (Å²) in [6, 6.07) is 27.2. The Morgan fingerprint density at radius 1 is 0.818 bits per heavy atom. The number of carbonyl (C=O) groups excluding carboxylic acids is 2. The molecular formula is C36H37FN4O3. The van der Waals surface area contributed by atoms with Crippen LogP contribution in [0.3, 0.4) is 0 Å². The Morgan fingerprint density at radius 3 is 2.36 bits per heavy atom.